The minimum atomic E-state index is -0.806. The number of aliphatic carboxylic acids is 1. The third kappa shape index (κ3) is 3.49. The first-order valence-corrected chi connectivity index (χ1v) is 6.54. The van der Waals surface area contributed by atoms with Crippen LogP contribution in [0.25, 0.3) is 10.9 Å². The highest BCUT2D eigenvalue weighted by molar-refractivity contribution is 6.35. The maximum atomic E-state index is 10.4. The summed E-state index contributed by atoms with van der Waals surface area (Å²) in [6.07, 6.45) is 0.655. The van der Waals surface area contributed by atoms with Gasteiger partial charge in [0.1, 0.15) is 5.15 Å². The summed E-state index contributed by atoms with van der Waals surface area (Å²) in [6, 6.07) is 7.08. The van der Waals surface area contributed by atoms with Crippen molar-refractivity contribution in [3.63, 3.8) is 0 Å². The molecule has 1 heterocycles. The van der Waals surface area contributed by atoms with Crippen molar-refractivity contribution in [1.29, 1.82) is 0 Å². The smallest absolute Gasteiger partial charge is 0.303 e. The van der Waals surface area contributed by atoms with Crippen molar-refractivity contribution in [3.8, 4) is 0 Å². The molecule has 0 radical (unpaired) electrons. The van der Waals surface area contributed by atoms with E-state index in [9.17, 15) is 4.79 Å². The van der Waals surface area contributed by atoms with E-state index in [-0.39, 0.29) is 6.42 Å². The number of halogens is 2. The number of carboxylic acid groups (broad SMARTS) is 1. The molecular weight excluding hydrogens is 287 g/mol. The minimum Gasteiger partial charge on any atom is -0.481 e. The Morgan fingerprint density at radius 2 is 2.05 bits per heavy atom. The lowest BCUT2D eigenvalue weighted by Crippen LogP contribution is -2.05. The zero-order chi connectivity index (χ0) is 13.8. The van der Waals surface area contributed by atoms with Crippen LogP contribution in [0.15, 0.2) is 24.3 Å². The molecule has 0 unspecified atom stereocenters. The van der Waals surface area contributed by atoms with Gasteiger partial charge in [-0.05, 0) is 30.7 Å². The van der Waals surface area contributed by atoms with Gasteiger partial charge in [0.25, 0.3) is 0 Å². The minimum absolute atomic E-state index is 0.124. The highest BCUT2D eigenvalue weighted by Crippen LogP contribution is 2.31. The Morgan fingerprint density at radius 1 is 1.26 bits per heavy atom. The fourth-order valence-electron chi connectivity index (χ4n) is 1.79. The Labute approximate surface area is 120 Å². The fraction of sp³-hybridized carbons (Fsp3) is 0.231. The van der Waals surface area contributed by atoms with Crippen LogP contribution in [0.5, 0.6) is 0 Å². The Kier molecular flexibility index (Phi) is 4.45. The quantitative estimate of drug-likeness (QED) is 0.651. The molecule has 0 saturated heterocycles. The molecular formula is C13H12Cl2N2O2. The van der Waals surface area contributed by atoms with Gasteiger partial charge >= 0.3 is 5.97 Å². The molecule has 0 spiro atoms. The summed E-state index contributed by atoms with van der Waals surface area (Å²) in [4.78, 5) is 14.7. The number of pyridine rings is 1. The lowest BCUT2D eigenvalue weighted by atomic mass is 10.1. The van der Waals surface area contributed by atoms with Crippen LogP contribution in [-0.4, -0.2) is 22.6 Å². The van der Waals surface area contributed by atoms with Crippen LogP contribution in [0.3, 0.4) is 0 Å². The summed E-state index contributed by atoms with van der Waals surface area (Å²) in [5.74, 6) is -0.806. The molecule has 100 valence electrons. The number of carboxylic acids is 1. The van der Waals surface area contributed by atoms with Crippen molar-refractivity contribution in [2.24, 2.45) is 0 Å². The van der Waals surface area contributed by atoms with Crippen molar-refractivity contribution >= 4 is 45.8 Å². The van der Waals surface area contributed by atoms with Gasteiger partial charge < -0.3 is 10.4 Å². The number of fused-ring (bicyclic) bond motifs is 1. The average molecular weight is 299 g/mol. The maximum Gasteiger partial charge on any atom is 0.303 e. The fourth-order valence-corrected chi connectivity index (χ4v) is 2.17. The number of aromatic nitrogens is 1. The molecule has 1 aromatic heterocycles. The zero-order valence-electron chi connectivity index (χ0n) is 9.99. The maximum absolute atomic E-state index is 10.4. The summed E-state index contributed by atoms with van der Waals surface area (Å²) in [7, 11) is 0. The molecule has 0 atom stereocenters. The SMILES string of the molecule is O=C(O)CCCNc1c(Cl)ccc2nc(Cl)ccc12. The summed E-state index contributed by atoms with van der Waals surface area (Å²) >= 11 is 12.0. The molecule has 0 fully saturated rings. The normalized spacial score (nSPS) is 10.6. The second-order valence-corrected chi connectivity index (χ2v) is 4.84. The summed E-state index contributed by atoms with van der Waals surface area (Å²) < 4.78 is 0. The van der Waals surface area contributed by atoms with Crippen molar-refractivity contribution in [1.82, 2.24) is 4.98 Å². The van der Waals surface area contributed by atoms with Gasteiger partial charge in [-0.2, -0.15) is 0 Å². The molecule has 2 N–H and O–H groups in total. The Balaban J connectivity index is 2.21. The first-order chi connectivity index (χ1) is 9.08. The summed E-state index contributed by atoms with van der Waals surface area (Å²) in [5.41, 5.74) is 1.51. The molecule has 4 nitrogen and oxygen atoms in total. The van der Waals surface area contributed by atoms with E-state index in [1.54, 1.807) is 18.2 Å². The molecule has 0 aliphatic rings. The van der Waals surface area contributed by atoms with Crippen LogP contribution in [0, 0.1) is 0 Å². The van der Waals surface area contributed by atoms with Gasteiger partial charge in [-0.25, -0.2) is 4.98 Å². The standard InChI is InChI=1S/C13H12Cl2N2O2/c14-9-4-5-10-8(3-6-11(15)17-10)13(9)16-7-1-2-12(18)19/h3-6,16H,1-2,7H2,(H,18,19). The largest absolute Gasteiger partial charge is 0.481 e. The van der Waals surface area contributed by atoms with Crippen molar-refractivity contribution in [2.45, 2.75) is 12.8 Å². The van der Waals surface area contributed by atoms with Crippen molar-refractivity contribution in [2.75, 3.05) is 11.9 Å². The summed E-state index contributed by atoms with van der Waals surface area (Å²) in [5, 5.41) is 13.6. The van der Waals surface area contributed by atoms with Crippen LogP contribution < -0.4 is 5.32 Å². The number of nitrogens with one attached hydrogen (secondary N) is 1. The predicted octanol–water partition coefficient (Wildman–Crippen LogP) is 3.82. The van der Waals surface area contributed by atoms with E-state index < -0.39 is 5.97 Å². The lowest BCUT2D eigenvalue weighted by Gasteiger charge is -2.11. The predicted molar refractivity (Wildman–Crippen MR) is 77.1 cm³/mol. The van der Waals surface area contributed by atoms with Gasteiger partial charge in [-0.15, -0.1) is 0 Å². The monoisotopic (exact) mass is 298 g/mol. The van der Waals surface area contributed by atoms with Gasteiger partial charge in [0.2, 0.25) is 0 Å². The lowest BCUT2D eigenvalue weighted by molar-refractivity contribution is -0.137. The first-order valence-electron chi connectivity index (χ1n) is 5.78. The molecule has 19 heavy (non-hydrogen) atoms. The summed E-state index contributed by atoms with van der Waals surface area (Å²) in [6.45, 7) is 0.535. The topological polar surface area (TPSA) is 62.2 Å². The van der Waals surface area contributed by atoms with Gasteiger partial charge in [0, 0.05) is 18.4 Å². The average Bonchev–Trinajstić information content (AvgIpc) is 2.36. The molecule has 2 rings (SSSR count). The second kappa shape index (κ2) is 6.08. The molecule has 2 aromatic rings. The van der Waals surface area contributed by atoms with E-state index in [0.717, 1.165) is 16.6 Å². The zero-order valence-corrected chi connectivity index (χ0v) is 11.5. The van der Waals surface area contributed by atoms with Crippen LogP contribution in [-0.2, 0) is 4.79 Å². The van der Waals surface area contributed by atoms with E-state index >= 15 is 0 Å². The first kappa shape index (κ1) is 13.9. The van der Waals surface area contributed by atoms with Crippen LogP contribution in [0.2, 0.25) is 10.2 Å². The molecule has 6 heteroatoms. The van der Waals surface area contributed by atoms with Crippen LogP contribution in [0.4, 0.5) is 5.69 Å². The molecule has 0 aliphatic carbocycles. The number of nitrogens with zero attached hydrogens (tertiary/aromatic N) is 1. The molecule has 0 amide bonds. The Morgan fingerprint density at radius 3 is 2.79 bits per heavy atom. The van der Waals surface area contributed by atoms with Gasteiger partial charge in [-0.3, -0.25) is 4.79 Å². The van der Waals surface area contributed by atoms with Gasteiger partial charge in [-0.1, -0.05) is 23.2 Å². The number of carbonyl (C=O) groups is 1. The Hall–Kier alpha value is -1.52. The van der Waals surface area contributed by atoms with E-state index in [0.29, 0.717) is 23.1 Å². The number of rotatable bonds is 5. The van der Waals surface area contributed by atoms with E-state index in [1.807, 2.05) is 6.07 Å². The number of hydrogen-bond acceptors (Lipinski definition) is 3. The molecule has 0 bridgehead atoms. The second-order valence-electron chi connectivity index (χ2n) is 4.05. The van der Waals surface area contributed by atoms with E-state index in [4.69, 9.17) is 28.3 Å². The van der Waals surface area contributed by atoms with Crippen molar-refractivity contribution in [3.05, 3.63) is 34.4 Å². The molecule has 0 aliphatic heterocycles. The number of hydrogen-bond donors (Lipinski definition) is 2. The highest BCUT2D eigenvalue weighted by Gasteiger charge is 2.07. The third-order valence-corrected chi connectivity index (χ3v) is 3.18. The highest BCUT2D eigenvalue weighted by atomic mass is 35.5. The Bertz CT molecular complexity index is 617. The molecule has 1 aromatic carbocycles. The van der Waals surface area contributed by atoms with E-state index in [1.165, 1.54) is 0 Å². The van der Waals surface area contributed by atoms with E-state index in [2.05, 4.69) is 10.3 Å². The van der Waals surface area contributed by atoms with Crippen molar-refractivity contribution < 1.29 is 9.90 Å². The molecule has 0 saturated carbocycles. The van der Waals surface area contributed by atoms with Gasteiger partial charge in [0.15, 0.2) is 0 Å². The number of anilines is 1. The van der Waals surface area contributed by atoms with Crippen LogP contribution in [0.1, 0.15) is 12.8 Å². The van der Waals surface area contributed by atoms with Gasteiger partial charge in [0.05, 0.1) is 16.2 Å². The number of benzene rings is 1. The van der Waals surface area contributed by atoms with Crippen LogP contribution >= 0.6 is 23.2 Å². The third-order valence-electron chi connectivity index (χ3n) is 2.66.